The summed E-state index contributed by atoms with van der Waals surface area (Å²) in [7, 11) is 0. The Hall–Kier alpha value is -1.00. The number of hydrogen-bond donors (Lipinski definition) is 2. The molecule has 0 bridgehead atoms. The molecule has 0 amide bonds. The first kappa shape index (κ1) is 9.55. The van der Waals surface area contributed by atoms with Gasteiger partial charge >= 0.3 is 0 Å². The minimum Gasteiger partial charge on any atom is -0.315 e. The molecule has 4 heteroatoms. The number of aromatic nitrogens is 2. The molecule has 0 saturated carbocycles. The average molecular weight is 192 g/mol. The zero-order valence-electron chi connectivity index (χ0n) is 8.40. The summed E-state index contributed by atoms with van der Waals surface area (Å²) < 4.78 is 0. The molecule has 1 unspecified atom stereocenters. The van der Waals surface area contributed by atoms with Crippen molar-refractivity contribution in [2.75, 3.05) is 13.1 Å². The lowest BCUT2D eigenvalue weighted by molar-refractivity contribution is 0.470. The fourth-order valence-electron chi connectivity index (χ4n) is 1.77. The van der Waals surface area contributed by atoms with Gasteiger partial charge in [0, 0.05) is 37.2 Å². The van der Waals surface area contributed by atoms with Gasteiger partial charge in [-0.25, -0.2) is 0 Å². The lowest BCUT2D eigenvalue weighted by Gasteiger charge is -2.17. The third-order valence-corrected chi connectivity index (χ3v) is 2.57. The molecule has 2 N–H and O–H groups in total. The van der Waals surface area contributed by atoms with Gasteiger partial charge in [0.05, 0.1) is 5.69 Å². The summed E-state index contributed by atoms with van der Waals surface area (Å²) in [5, 5.41) is 6.86. The highest BCUT2D eigenvalue weighted by atomic mass is 15.1. The van der Waals surface area contributed by atoms with Crippen LogP contribution in [0.2, 0.25) is 0 Å². The largest absolute Gasteiger partial charge is 0.315 e. The second kappa shape index (κ2) is 4.48. The standard InChI is InChI=1S/C10H16N4/c1-8(10-7-12-4-5-13-10)14-9-2-3-11-6-9/h4-5,7-9,11,14H,2-3,6H2,1H3/t8?,9-/m0/s1. The topological polar surface area (TPSA) is 49.8 Å². The van der Waals surface area contributed by atoms with E-state index in [0.717, 1.165) is 18.8 Å². The van der Waals surface area contributed by atoms with Crippen LogP contribution in [0.5, 0.6) is 0 Å². The zero-order valence-corrected chi connectivity index (χ0v) is 8.40. The third-order valence-electron chi connectivity index (χ3n) is 2.57. The van der Waals surface area contributed by atoms with Gasteiger partial charge in [0.2, 0.25) is 0 Å². The molecular formula is C10H16N4. The Morgan fingerprint density at radius 3 is 3.14 bits per heavy atom. The summed E-state index contributed by atoms with van der Waals surface area (Å²) in [4.78, 5) is 8.34. The predicted molar refractivity (Wildman–Crippen MR) is 54.9 cm³/mol. The molecule has 2 heterocycles. The van der Waals surface area contributed by atoms with Crippen LogP contribution in [0.3, 0.4) is 0 Å². The van der Waals surface area contributed by atoms with E-state index in [1.807, 2.05) is 6.20 Å². The Kier molecular flexibility index (Phi) is 3.06. The molecule has 76 valence electrons. The predicted octanol–water partition coefficient (Wildman–Crippen LogP) is 0.489. The molecule has 1 saturated heterocycles. The van der Waals surface area contributed by atoms with Crippen molar-refractivity contribution in [3.8, 4) is 0 Å². The summed E-state index contributed by atoms with van der Waals surface area (Å²) in [5.41, 5.74) is 1.01. The molecular weight excluding hydrogens is 176 g/mol. The van der Waals surface area contributed by atoms with Crippen LogP contribution >= 0.6 is 0 Å². The van der Waals surface area contributed by atoms with Gasteiger partial charge in [-0.05, 0) is 19.9 Å². The van der Waals surface area contributed by atoms with Gasteiger partial charge < -0.3 is 10.6 Å². The van der Waals surface area contributed by atoms with Crippen molar-refractivity contribution in [3.05, 3.63) is 24.3 Å². The molecule has 1 aliphatic heterocycles. The fourth-order valence-corrected chi connectivity index (χ4v) is 1.77. The third kappa shape index (κ3) is 2.27. The molecule has 0 spiro atoms. The summed E-state index contributed by atoms with van der Waals surface area (Å²) >= 11 is 0. The monoisotopic (exact) mass is 192 g/mol. The van der Waals surface area contributed by atoms with Gasteiger partial charge in [0.15, 0.2) is 0 Å². The molecule has 2 atom stereocenters. The lowest BCUT2D eigenvalue weighted by atomic mass is 10.2. The number of hydrogen-bond acceptors (Lipinski definition) is 4. The van der Waals surface area contributed by atoms with Crippen molar-refractivity contribution < 1.29 is 0 Å². The Labute approximate surface area is 84.2 Å². The van der Waals surface area contributed by atoms with Gasteiger partial charge in [-0.1, -0.05) is 0 Å². The van der Waals surface area contributed by atoms with Crippen LogP contribution in [0.4, 0.5) is 0 Å². The Balaban J connectivity index is 1.92. The van der Waals surface area contributed by atoms with Crippen LogP contribution in [0.1, 0.15) is 25.1 Å². The van der Waals surface area contributed by atoms with E-state index in [9.17, 15) is 0 Å². The van der Waals surface area contributed by atoms with Crippen molar-refractivity contribution in [1.29, 1.82) is 0 Å². The molecule has 1 aliphatic rings. The maximum atomic E-state index is 4.28. The van der Waals surface area contributed by atoms with Gasteiger partial charge in [-0.15, -0.1) is 0 Å². The normalized spacial score (nSPS) is 23.6. The van der Waals surface area contributed by atoms with Crippen LogP contribution in [0, 0.1) is 0 Å². The summed E-state index contributed by atoms with van der Waals surface area (Å²) in [6.45, 7) is 4.30. The zero-order chi connectivity index (χ0) is 9.80. The van der Waals surface area contributed by atoms with Gasteiger partial charge in [-0.2, -0.15) is 0 Å². The van der Waals surface area contributed by atoms with E-state index < -0.39 is 0 Å². The number of nitrogens with zero attached hydrogens (tertiary/aromatic N) is 2. The molecule has 4 nitrogen and oxygen atoms in total. The van der Waals surface area contributed by atoms with Crippen LogP contribution in [-0.2, 0) is 0 Å². The first-order valence-electron chi connectivity index (χ1n) is 5.09. The van der Waals surface area contributed by atoms with E-state index in [2.05, 4.69) is 27.5 Å². The molecule has 1 aromatic heterocycles. The molecule has 0 aromatic carbocycles. The van der Waals surface area contributed by atoms with Crippen molar-refractivity contribution in [2.24, 2.45) is 0 Å². The second-order valence-corrected chi connectivity index (χ2v) is 3.71. The number of nitrogens with one attached hydrogen (secondary N) is 2. The maximum Gasteiger partial charge on any atom is 0.0753 e. The van der Waals surface area contributed by atoms with Crippen molar-refractivity contribution >= 4 is 0 Å². The lowest BCUT2D eigenvalue weighted by Crippen LogP contribution is -2.33. The highest BCUT2D eigenvalue weighted by Gasteiger charge is 2.17. The van der Waals surface area contributed by atoms with Crippen molar-refractivity contribution in [1.82, 2.24) is 20.6 Å². The smallest absolute Gasteiger partial charge is 0.0753 e. The molecule has 1 fully saturated rings. The van der Waals surface area contributed by atoms with Crippen LogP contribution in [0.25, 0.3) is 0 Å². The van der Waals surface area contributed by atoms with Crippen molar-refractivity contribution in [2.45, 2.75) is 25.4 Å². The van der Waals surface area contributed by atoms with Crippen LogP contribution < -0.4 is 10.6 Å². The molecule has 1 aromatic rings. The highest BCUT2D eigenvalue weighted by molar-refractivity contribution is 5.01. The number of rotatable bonds is 3. The molecule has 14 heavy (non-hydrogen) atoms. The Morgan fingerprint density at radius 2 is 2.50 bits per heavy atom. The van der Waals surface area contributed by atoms with Crippen LogP contribution in [-0.4, -0.2) is 29.1 Å². The van der Waals surface area contributed by atoms with E-state index in [1.54, 1.807) is 12.4 Å². The molecule has 0 radical (unpaired) electrons. The average Bonchev–Trinajstić information content (AvgIpc) is 2.72. The summed E-state index contributed by atoms with van der Waals surface area (Å²) in [6, 6.07) is 0.862. The SMILES string of the molecule is CC(N[C@H]1CCNC1)c1cnccn1. The van der Waals surface area contributed by atoms with Crippen molar-refractivity contribution in [3.63, 3.8) is 0 Å². The van der Waals surface area contributed by atoms with Gasteiger partial charge in [0.1, 0.15) is 0 Å². The summed E-state index contributed by atoms with van der Waals surface area (Å²) in [6.07, 6.45) is 6.46. The Morgan fingerprint density at radius 1 is 1.57 bits per heavy atom. The van der Waals surface area contributed by atoms with E-state index in [0.29, 0.717) is 6.04 Å². The minimum absolute atomic E-state index is 0.286. The molecule has 0 aliphatic carbocycles. The molecule has 2 rings (SSSR count). The Bertz CT molecular complexity index is 269. The van der Waals surface area contributed by atoms with Gasteiger partial charge in [0.25, 0.3) is 0 Å². The first-order valence-corrected chi connectivity index (χ1v) is 5.09. The summed E-state index contributed by atoms with van der Waals surface area (Å²) in [5.74, 6) is 0. The van der Waals surface area contributed by atoms with E-state index in [4.69, 9.17) is 0 Å². The quantitative estimate of drug-likeness (QED) is 0.731. The van der Waals surface area contributed by atoms with Gasteiger partial charge in [-0.3, -0.25) is 9.97 Å². The van der Waals surface area contributed by atoms with E-state index in [-0.39, 0.29) is 6.04 Å². The maximum absolute atomic E-state index is 4.28. The highest BCUT2D eigenvalue weighted by Crippen LogP contribution is 2.10. The van der Waals surface area contributed by atoms with E-state index in [1.165, 1.54) is 6.42 Å². The van der Waals surface area contributed by atoms with Crippen LogP contribution in [0.15, 0.2) is 18.6 Å². The second-order valence-electron chi connectivity index (χ2n) is 3.71. The van der Waals surface area contributed by atoms with E-state index >= 15 is 0 Å². The fraction of sp³-hybridized carbons (Fsp3) is 0.600. The first-order chi connectivity index (χ1) is 6.86. The minimum atomic E-state index is 0.286.